The highest BCUT2D eigenvalue weighted by Gasteiger charge is 2.41. The van der Waals surface area contributed by atoms with Gasteiger partial charge in [0.1, 0.15) is 0 Å². The summed E-state index contributed by atoms with van der Waals surface area (Å²) in [5.74, 6) is -0.662. The Labute approximate surface area is 143 Å². The quantitative estimate of drug-likeness (QED) is 0.511. The Morgan fingerprint density at radius 3 is 1.61 bits per heavy atom. The predicted octanol–water partition coefficient (Wildman–Crippen LogP) is 5.03. The highest BCUT2D eigenvalue weighted by atomic mass is 28.4. The molecule has 0 aliphatic heterocycles. The zero-order valence-corrected chi connectivity index (χ0v) is 18.5. The summed E-state index contributed by atoms with van der Waals surface area (Å²) in [4.78, 5) is 23.9. The molecule has 0 spiro atoms. The molecule has 0 fully saturated rings. The van der Waals surface area contributed by atoms with Crippen LogP contribution in [0.1, 0.15) is 48.0 Å². The number of hydrogen-bond donors (Lipinski definition) is 0. The van der Waals surface area contributed by atoms with E-state index < -0.39 is 16.6 Å². The van der Waals surface area contributed by atoms with Crippen molar-refractivity contribution in [2.24, 2.45) is 0 Å². The van der Waals surface area contributed by atoms with Gasteiger partial charge in [0, 0.05) is 6.08 Å². The Bertz CT molecular complexity index is 466. The van der Waals surface area contributed by atoms with Gasteiger partial charge in [-0.1, -0.05) is 47.6 Å². The zero-order chi connectivity index (χ0) is 18.7. The minimum absolute atomic E-state index is 0.0202. The maximum absolute atomic E-state index is 11.9. The Kier molecular flexibility index (Phi) is 7.06. The summed E-state index contributed by atoms with van der Waals surface area (Å²) in [6, 6.07) is 0. The normalized spacial score (nSPS) is 14.0. The average molecular weight is 359 g/mol. The highest BCUT2D eigenvalue weighted by Crippen LogP contribution is 2.37. The SMILES string of the molecule is CC(C)(C)[Si](C)(C)OC(=O)/C=C/CC(=O)O[Si](C)(C)C(C)(C)C. The summed E-state index contributed by atoms with van der Waals surface area (Å²) in [5, 5.41) is -0.0502. The van der Waals surface area contributed by atoms with Crippen LogP contribution in [0.5, 0.6) is 0 Å². The Hall–Kier alpha value is -0.886. The molecule has 0 heterocycles. The number of hydrogen-bond acceptors (Lipinski definition) is 4. The minimum Gasteiger partial charge on any atom is -0.519 e. The van der Waals surface area contributed by atoms with Gasteiger partial charge in [-0.15, -0.1) is 0 Å². The molecule has 0 saturated heterocycles. The second-order valence-corrected chi connectivity index (χ2v) is 18.5. The van der Waals surface area contributed by atoms with E-state index in [2.05, 4.69) is 41.5 Å². The molecule has 23 heavy (non-hydrogen) atoms. The standard InChI is InChI=1S/C17H34O4Si2/c1-16(2,3)22(7,8)20-14(18)12-11-13-15(19)21-23(9,10)17(4,5)6/h11-12H,13H2,1-10H3/b12-11+. The predicted molar refractivity (Wildman–Crippen MR) is 100 cm³/mol. The summed E-state index contributed by atoms with van der Waals surface area (Å²) < 4.78 is 11.3. The van der Waals surface area contributed by atoms with Gasteiger partial charge in [-0.2, -0.15) is 0 Å². The topological polar surface area (TPSA) is 52.6 Å². The van der Waals surface area contributed by atoms with Gasteiger partial charge >= 0.3 is 5.97 Å². The summed E-state index contributed by atoms with van der Waals surface area (Å²) in [6.45, 7) is 20.6. The molecule has 0 aliphatic rings. The molecule has 0 N–H and O–H groups in total. The molecule has 0 saturated carbocycles. The molecule has 0 amide bonds. The number of rotatable bonds is 5. The van der Waals surface area contributed by atoms with E-state index in [9.17, 15) is 9.59 Å². The van der Waals surface area contributed by atoms with Crippen LogP contribution in [0.2, 0.25) is 36.3 Å². The lowest BCUT2D eigenvalue weighted by molar-refractivity contribution is -0.134. The van der Waals surface area contributed by atoms with Crippen molar-refractivity contribution in [3.63, 3.8) is 0 Å². The minimum atomic E-state index is -2.12. The molecule has 0 unspecified atom stereocenters. The molecule has 6 heteroatoms. The molecule has 4 nitrogen and oxygen atoms in total. The molecule has 0 aromatic carbocycles. The van der Waals surface area contributed by atoms with Crippen LogP contribution in [-0.2, 0) is 18.4 Å². The van der Waals surface area contributed by atoms with E-state index in [0.29, 0.717) is 0 Å². The first kappa shape index (κ1) is 22.1. The van der Waals surface area contributed by atoms with Gasteiger partial charge in [0.25, 0.3) is 22.6 Å². The fraction of sp³-hybridized carbons (Fsp3) is 0.765. The van der Waals surface area contributed by atoms with Gasteiger partial charge in [-0.05, 0) is 36.3 Å². The van der Waals surface area contributed by atoms with Gasteiger partial charge in [-0.3, -0.25) is 4.79 Å². The van der Waals surface area contributed by atoms with Crippen LogP contribution in [-0.4, -0.2) is 28.6 Å². The fourth-order valence-electron chi connectivity index (χ4n) is 1.17. The lowest BCUT2D eigenvalue weighted by atomic mass is 10.2. The maximum Gasteiger partial charge on any atom is 0.317 e. The molecule has 0 atom stereocenters. The number of carbonyl (C=O) groups is 2. The van der Waals surface area contributed by atoms with E-state index >= 15 is 0 Å². The van der Waals surface area contributed by atoms with Crippen LogP contribution in [0.25, 0.3) is 0 Å². The van der Waals surface area contributed by atoms with Crippen molar-refractivity contribution in [1.29, 1.82) is 0 Å². The van der Waals surface area contributed by atoms with E-state index in [1.807, 2.05) is 26.2 Å². The van der Waals surface area contributed by atoms with Crippen molar-refractivity contribution in [3.05, 3.63) is 12.2 Å². The Balaban J connectivity index is 4.56. The van der Waals surface area contributed by atoms with Gasteiger partial charge in [0.05, 0.1) is 6.42 Å². The molecular formula is C17H34O4Si2. The van der Waals surface area contributed by atoms with Gasteiger partial charge in [-0.25, -0.2) is 4.79 Å². The van der Waals surface area contributed by atoms with Crippen LogP contribution in [0.3, 0.4) is 0 Å². The first-order chi connectivity index (χ1) is 9.99. The lowest BCUT2D eigenvalue weighted by Crippen LogP contribution is -2.42. The first-order valence-corrected chi connectivity index (χ1v) is 13.9. The summed E-state index contributed by atoms with van der Waals surface area (Å²) in [7, 11) is -4.22. The summed E-state index contributed by atoms with van der Waals surface area (Å²) in [6.07, 6.45) is 2.97. The van der Waals surface area contributed by atoms with Gasteiger partial charge in [0.2, 0.25) is 0 Å². The number of carbonyl (C=O) groups excluding carboxylic acids is 2. The second kappa shape index (κ2) is 7.34. The lowest BCUT2D eigenvalue weighted by Gasteiger charge is -2.35. The summed E-state index contributed by atoms with van der Waals surface area (Å²) >= 11 is 0. The summed E-state index contributed by atoms with van der Waals surface area (Å²) in [5.41, 5.74) is 0. The molecule has 0 aliphatic carbocycles. The van der Waals surface area contributed by atoms with Crippen molar-refractivity contribution in [2.45, 2.75) is 84.2 Å². The molecule has 0 aromatic rings. The molecule has 0 bridgehead atoms. The van der Waals surface area contributed by atoms with Gasteiger partial charge in [0.15, 0.2) is 0 Å². The smallest absolute Gasteiger partial charge is 0.317 e. The molecule has 134 valence electrons. The van der Waals surface area contributed by atoms with Crippen molar-refractivity contribution in [2.75, 3.05) is 0 Å². The van der Waals surface area contributed by atoms with Gasteiger partial charge < -0.3 is 8.85 Å². The van der Waals surface area contributed by atoms with Crippen molar-refractivity contribution < 1.29 is 18.4 Å². The third-order valence-electron chi connectivity index (χ3n) is 4.88. The molecular weight excluding hydrogens is 324 g/mol. The zero-order valence-electron chi connectivity index (χ0n) is 16.5. The van der Waals surface area contributed by atoms with E-state index in [0.717, 1.165) is 0 Å². The monoisotopic (exact) mass is 358 g/mol. The third kappa shape index (κ3) is 7.03. The van der Waals surface area contributed by atoms with E-state index in [1.165, 1.54) is 12.2 Å². The molecule has 0 rings (SSSR count). The maximum atomic E-state index is 11.9. The molecule has 0 radical (unpaired) electrons. The Morgan fingerprint density at radius 1 is 0.826 bits per heavy atom. The van der Waals surface area contributed by atoms with E-state index in [4.69, 9.17) is 8.85 Å². The average Bonchev–Trinajstić information content (AvgIpc) is 2.23. The molecule has 0 aromatic heterocycles. The van der Waals surface area contributed by atoms with Crippen LogP contribution >= 0.6 is 0 Å². The van der Waals surface area contributed by atoms with Crippen LogP contribution in [0, 0.1) is 0 Å². The Morgan fingerprint density at radius 2 is 1.22 bits per heavy atom. The van der Waals surface area contributed by atoms with E-state index in [-0.39, 0.29) is 28.4 Å². The first-order valence-electron chi connectivity index (χ1n) is 8.11. The fourth-order valence-corrected chi connectivity index (χ4v) is 3.01. The second-order valence-electron chi connectivity index (χ2n) is 9.02. The van der Waals surface area contributed by atoms with Crippen LogP contribution in [0.15, 0.2) is 12.2 Å². The van der Waals surface area contributed by atoms with Crippen molar-refractivity contribution in [3.8, 4) is 0 Å². The van der Waals surface area contributed by atoms with Crippen LogP contribution < -0.4 is 0 Å². The van der Waals surface area contributed by atoms with E-state index in [1.54, 1.807) is 0 Å². The van der Waals surface area contributed by atoms with Crippen molar-refractivity contribution in [1.82, 2.24) is 0 Å². The van der Waals surface area contributed by atoms with Crippen LogP contribution in [0.4, 0.5) is 0 Å². The largest absolute Gasteiger partial charge is 0.519 e. The van der Waals surface area contributed by atoms with Crippen molar-refractivity contribution >= 4 is 28.6 Å². The third-order valence-corrected chi connectivity index (χ3v) is 13.5. The highest BCUT2D eigenvalue weighted by molar-refractivity contribution is 6.76.